The number of hydrogen-bond donors (Lipinski definition) is 0. The molecule has 0 unspecified atom stereocenters. The number of ether oxygens (including phenoxy) is 2. The van der Waals surface area contributed by atoms with Crippen molar-refractivity contribution in [1.82, 2.24) is 14.5 Å². The van der Waals surface area contributed by atoms with Crippen molar-refractivity contribution in [2.75, 3.05) is 26.2 Å². The fourth-order valence-electron chi connectivity index (χ4n) is 3.72. The summed E-state index contributed by atoms with van der Waals surface area (Å²) in [6, 6.07) is 21.1. The number of hydrogen-bond acceptors (Lipinski definition) is 4. The van der Waals surface area contributed by atoms with Gasteiger partial charge in [0.1, 0.15) is 17.2 Å². The Bertz CT molecular complexity index is 1220. The fraction of sp³-hybridized carbons (Fsp3) is 0.250. The van der Waals surface area contributed by atoms with E-state index in [1.54, 1.807) is 18.2 Å². The quantitative estimate of drug-likeness (QED) is 0.194. The van der Waals surface area contributed by atoms with Gasteiger partial charge in [-0.05, 0) is 80.2 Å². The number of nitrogens with zero attached hydrogens (tertiary/aromatic N) is 3. The molecule has 182 valence electrons. The van der Waals surface area contributed by atoms with Gasteiger partial charge in [-0.25, -0.2) is 4.98 Å². The molecule has 0 aliphatic heterocycles. The minimum atomic E-state index is 0.459. The van der Waals surface area contributed by atoms with E-state index in [1.807, 2.05) is 65.6 Å². The Balaban J connectivity index is 1.34. The molecule has 0 aliphatic rings. The Morgan fingerprint density at radius 3 is 2.20 bits per heavy atom. The van der Waals surface area contributed by atoms with Gasteiger partial charge in [0.25, 0.3) is 0 Å². The Hall–Kier alpha value is -2.99. The molecule has 0 amide bonds. The lowest BCUT2D eigenvalue weighted by Gasteiger charge is -2.17. The zero-order valence-electron chi connectivity index (χ0n) is 20.0. The van der Waals surface area contributed by atoms with E-state index >= 15 is 0 Å². The first-order valence-corrected chi connectivity index (χ1v) is 12.5. The van der Waals surface area contributed by atoms with Crippen LogP contribution in [0.1, 0.15) is 20.3 Å². The predicted octanol–water partition coefficient (Wildman–Crippen LogP) is 7.75. The van der Waals surface area contributed by atoms with E-state index in [1.165, 1.54) is 0 Å². The Kier molecular flexibility index (Phi) is 8.69. The van der Waals surface area contributed by atoms with E-state index in [-0.39, 0.29) is 0 Å². The molecule has 1 aromatic heterocycles. The molecule has 35 heavy (non-hydrogen) atoms. The van der Waals surface area contributed by atoms with E-state index in [0.717, 1.165) is 55.4 Å². The van der Waals surface area contributed by atoms with Gasteiger partial charge in [0, 0.05) is 30.1 Å². The minimum absolute atomic E-state index is 0.459. The van der Waals surface area contributed by atoms with Crippen LogP contribution >= 0.6 is 23.2 Å². The van der Waals surface area contributed by atoms with Crippen molar-refractivity contribution in [3.63, 3.8) is 0 Å². The summed E-state index contributed by atoms with van der Waals surface area (Å²) in [5.41, 5.74) is 2.90. The molecule has 0 spiro atoms. The molecule has 4 rings (SSSR count). The smallest absolute Gasteiger partial charge is 0.129 e. The highest BCUT2D eigenvalue weighted by atomic mass is 35.5. The third-order valence-corrected chi connectivity index (χ3v) is 6.52. The van der Waals surface area contributed by atoms with Gasteiger partial charge in [-0.1, -0.05) is 37.0 Å². The topological polar surface area (TPSA) is 39.5 Å². The molecule has 0 N–H and O–H groups in total. The summed E-state index contributed by atoms with van der Waals surface area (Å²) in [5, 5.41) is 0.958. The molecule has 0 aliphatic carbocycles. The number of halogens is 2. The SMILES string of the molecule is CCN(CC)CCCOc1ccc(-n2cnc(-c3ccc(Oc4ccc(Cl)c(Cl)c4)cc3)c2)cc1. The number of benzene rings is 3. The second-order valence-corrected chi connectivity index (χ2v) is 8.91. The van der Waals surface area contributed by atoms with Gasteiger partial charge in [0.15, 0.2) is 0 Å². The lowest BCUT2D eigenvalue weighted by atomic mass is 10.1. The highest BCUT2D eigenvalue weighted by Gasteiger charge is 2.07. The first-order chi connectivity index (χ1) is 17.1. The number of aromatic nitrogens is 2. The Morgan fingerprint density at radius 2 is 1.51 bits per heavy atom. The molecule has 1 heterocycles. The largest absolute Gasteiger partial charge is 0.494 e. The van der Waals surface area contributed by atoms with Crippen LogP contribution in [0.3, 0.4) is 0 Å². The normalized spacial score (nSPS) is 11.1. The van der Waals surface area contributed by atoms with Crippen molar-refractivity contribution >= 4 is 23.2 Å². The van der Waals surface area contributed by atoms with Crippen molar-refractivity contribution < 1.29 is 9.47 Å². The molecule has 7 heteroatoms. The maximum atomic E-state index is 6.06. The molecule has 5 nitrogen and oxygen atoms in total. The van der Waals surface area contributed by atoms with Crippen LogP contribution in [0.4, 0.5) is 0 Å². The van der Waals surface area contributed by atoms with Crippen molar-refractivity contribution in [3.05, 3.63) is 89.3 Å². The lowest BCUT2D eigenvalue weighted by Crippen LogP contribution is -2.25. The Labute approximate surface area is 216 Å². The van der Waals surface area contributed by atoms with Gasteiger partial charge in [-0.3, -0.25) is 0 Å². The van der Waals surface area contributed by atoms with Gasteiger partial charge >= 0.3 is 0 Å². The standard InChI is InChI=1S/C28H29Cl2N3O2/c1-3-32(4-2)16-5-17-34-23-12-8-22(9-13-23)33-19-28(31-20-33)21-6-10-24(11-7-21)35-25-14-15-26(29)27(30)18-25/h6-15,18-20H,3-5,16-17H2,1-2H3. The maximum Gasteiger partial charge on any atom is 0.129 e. The van der Waals surface area contributed by atoms with Crippen molar-refractivity contribution in [2.24, 2.45) is 0 Å². The van der Waals surface area contributed by atoms with Crippen LogP contribution in [0.15, 0.2) is 79.3 Å². The van der Waals surface area contributed by atoms with Crippen molar-refractivity contribution in [1.29, 1.82) is 0 Å². The predicted molar refractivity (Wildman–Crippen MR) is 143 cm³/mol. The minimum Gasteiger partial charge on any atom is -0.494 e. The summed E-state index contributed by atoms with van der Waals surface area (Å²) in [7, 11) is 0. The third-order valence-electron chi connectivity index (χ3n) is 5.78. The van der Waals surface area contributed by atoms with E-state index in [9.17, 15) is 0 Å². The zero-order chi connectivity index (χ0) is 24.6. The van der Waals surface area contributed by atoms with Gasteiger partial charge < -0.3 is 18.9 Å². The summed E-state index contributed by atoms with van der Waals surface area (Å²) in [6.07, 6.45) is 4.84. The Morgan fingerprint density at radius 1 is 0.829 bits per heavy atom. The highest BCUT2D eigenvalue weighted by Crippen LogP contribution is 2.30. The van der Waals surface area contributed by atoms with Crippen LogP contribution in [0, 0.1) is 0 Å². The maximum absolute atomic E-state index is 6.06. The van der Waals surface area contributed by atoms with Gasteiger partial charge in [0.05, 0.1) is 28.7 Å². The average molecular weight is 510 g/mol. The molecule has 0 fully saturated rings. The summed E-state index contributed by atoms with van der Waals surface area (Å²) in [5.74, 6) is 2.22. The molecule has 0 bridgehead atoms. The number of rotatable bonds is 11. The summed E-state index contributed by atoms with van der Waals surface area (Å²) < 4.78 is 13.8. The van der Waals surface area contributed by atoms with Crippen LogP contribution < -0.4 is 9.47 Å². The van der Waals surface area contributed by atoms with Crippen molar-refractivity contribution in [2.45, 2.75) is 20.3 Å². The lowest BCUT2D eigenvalue weighted by molar-refractivity contribution is 0.249. The van der Waals surface area contributed by atoms with Crippen LogP contribution in [0.2, 0.25) is 10.0 Å². The second kappa shape index (κ2) is 12.1. The third kappa shape index (κ3) is 6.79. The van der Waals surface area contributed by atoms with E-state index in [4.69, 9.17) is 32.7 Å². The summed E-state index contributed by atoms with van der Waals surface area (Å²) in [6.45, 7) is 8.31. The van der Waals surface area contributed by atoms with E-state index in [2.05, 4.69) is 23.7 Å². The first kappa shape index (κ1) is 25.1. The zero-order valence-corrected chi connectivity index (χ0v) is 21.5. The van der Waals surface area contributed by atoms with Gasteiger partial charge in [-0.2, -0.15) is 0 Å². The number of imidazole rings is 1. The van der Waals surface area contributed by atoms with E-state index < -0.39 is 0 Å². The molecule has 0 saturated heterocycles. The summed E-state index contributed by atoms with van der Waals surface area (Å²) >= 11 is 12.0. The molecule has 3 aromatic carbocycles. The van der Waals surface area contributed by atoms with Crippen LogP contribution in [-0.4, -0.2) is 40.7 Å². The summed E-state index contributed by atoms with van der Waals surface area (Å²) in [4.78, 5) is 6.97. The second-order valence-electron chi connectivity index (χ2n) is 8.09. The fourth-order valence-corrected chi connectivity index (χ4v) is 4.00. The van der Waals surface area contributed by atoms with Crippen LogP contribution in [-0.2, 0) is 0 Å². The molecular weight excluding hydrogens is 481 g/mol. The molecule has 0 atom stereocenters. The van der Waals surface area contributed by atoms with E-state index in [0.29, 0.717) is 21.5 Å². The molecule has 0 saturated carbocycles. The van der Waals surface area contributed by atoms with Crippen LogP contribution in [0.25, 0.3) is 16.9 Å². The highest BCUT2D eigenvalue weighted by molar-refractivity contribution is 6.42. The first-order valence-electron chi connectivity index (χ1n) is 11.8. The average Bonchev–Trinajstić information content (AvgIpc) is 3.38. The van der Waals surface area contributed by atoms with Crippen LogP contribution in [0.5, 0.6) is 17.2 Å². The molecule has 4 aromatic rings. The van der Waals surface area contributed by atoms with Gasteiger partial charge in [-0.15, -0.1) is 0 Å². The monoisotopic (exact) mass is 509 g/mol. The van der Waals surface area contributed by atoms with Gasteiger partial charge in [0.2, 0.25) is 0 Å². The van der Waals surface area contributed by atoms with Crippen molar-refractivity contribution in [3.8, 4) is 34.2 Å². The molecule has 0 radical (unpaired) electrons. The molecular formula is C28H29Cl2N3O2.